The van der Waals surface area contributed by atoms with Crippen LogP contribution in [0.4, 0.5) is 11.5 Å². The molecule has 0 saturated heterocycles. The lowest BCUT2D eigenvalue weighted by Crippen LogP contribution is -2.43. The van der Waals surface area contributed by atoms with Crippen LogP contribution in [-0.2, 0) is 0 Å². The first-order valence-corrected chi connectivity index (χ1v) is 5.13. The van der Waals surface area contributed by atoms with E-state index in [0.29, 0.717) is 6.04 Å². The van der Waals surface area contributed by atoms with Crippen LogP contribution in [0.25, 0.3) is 0 Å². The van der Waals surface area contributed by atoms with Crippen molar-refractivity contribution in [2.45, 2.75) is 19.9 Å². The van der Waals surface area contributed by atoms with Gasteiger partial charge in [-0.2, -0.15) is 0 Å². The Bertz CT molecular complexity index is 322. The van der Waals surface area contributed by atoms with Crippen molar-refractivity contribution < 1.29 is 0 Å². The fraction of sp³-hybridized carbons (Fsp3) is 0.545. The first-order chi connectivity index (χ1) is 6.70. The number of rotatable bonds is 1. The molecule has 0 unspecified atom stereocenters. The maximum Gasteiger partial charge on any atom is 0.151 e. The molecule has 0 saturated carbocycles. The third-order valence-corrected chi connectivity index (χ3v) is 2.74. The zero-order valence-electron chi connectivity index (χ0n) is 9.07. The molecule has 1 aliphatic rings. The summed E-state index contributed by atoms with van der Waals surface area (Å²) in [5, 5.41) is 0. The monoisotopic (exact) mass is 191 g/mol. The van der Waals surface area contributed by atoms with Crippen LogP contribution in [0.3, 0.4) is 0 Å². The van der Waals surface area contributed by atoms with E-state index in [9.17, 15) is 0 Å². The second-order valence-corrected chi connectivity index (χ2v) is 4.05. The minimum atomic E-state index is 0.548. The summed E-state index contributed by atoms with van der Waals surface area (Å²) in [4.78, 5) is 9.04. The largest absolute Gasteiger partial charge is 0.364 e. The van der Waals surface area contributed by atoms with E-state index in [0.717, 1.165) is 18.9 Å². The number of likely N-dealkylation sites (N-methyl/N-ethyl adjacent to an activating group) is 1. The Kier molecular flexibility index (Phi) is 2.32. The highest BCUT2D eigenvalue weighted by Gasteiger charge is 2.22. The highest BCUT2D eigenvalue weighted by Crippen LogP contribution is 2.30. The molecular formula is C11H17N3. The van der Waals surface area contributed by atoms with Crippen LogP contribution in [0.2, 0.25) is 0 Å². The molecular weight excluding hydrogens is 174 g/mol. The minimum Gasteiger partial charge on any atom is -0.364 e. The standard InChI is InChI=1S/C11H17N3/c1-9(2)14-8-7-13(3)11-10(14)5-4-6-12-11/h4-6,9H,7-8H2,1-3H3. The van der Waals surface area contributed by atoms with Gasteiger partial charge >= 0.3 is 0 Å². The van der Waals surface area contributed by atoms with Crippen LogP contribution >= 0.6 is 0 Å². The van der Waals surface area contributed by atoms with Gasteiger partial charge in [0, 0.05) is 32.4 Å². The molecule has 0 N–H and O–H groups in total. The molecule has 3 heteroatoms. The minimum absolute atomic E-state index is 0.548. The number of aromatic nitrogens is 1. The van der Waals surface area contributed by atoms with Gasteiger partial charge in [-0.25, -0.2) is 4.98 Å². The van der Waals surface area contributed by atoms with E-state index in [2.05, 4.69) is 41.7 Å². The highest BCUT2D eigenvalue weighted by molar-refractivity contribution is 5.69. The number of nitrogens with zero attached hydrogens (tertiary/aromatic N) is 3. The number of fused-ring (bicyclic) bond motifs is 1. The molecule has 0 spiro atoms. The Morgan fingerprint density at radius 2 is 2.14 bits per heavy atom. The van der Waals surface area contributed by atoms with Crippen LogP contribution in [0.1, 0.15) is 13.8 Å². The second-order valence-electron chi connectivity index (χ2n) is 4.05. The average Bonchev–Trinajstić information content (AvgIpc) is 2.18. The summed E-state index contributed by atoms with van der Waals surface area (Å²) in [6, 6.07) is 4.71. The predicted octanol–water partition coefficient (Wildman–Crippen LogP) is 1.75. The van der Waals surface area contributed by atoms with Crippen molar-refractivity contribution in [3.05, 3.63) is 18.3 Å². The van der Waals surface area contributed by atoms with E-state index in [1.54, 1.807) is 0 Å². The molecule has 2 rings (SSSR count). The van der Waals surface area contributed by atoms with Crippen molar-refractivity contribution in [1.29, 1.82) is 0 Å². The van der Waals surface area contributed by atoms with E-state index >= 15 is 0 Å². The summed E-state index contributed by atoms with van der Waals surface area (Å²) in [5.74, 6) is 1.10. The van der Waals surface area contributed by atoms with Crippen molar-refractivity contribution in [2.75, 3.05) is 29.9 Å². The van der Waals surface area contributed by atoms with Gasteiger partial charge in [0.15, 0.2) is 5.82 Å². The molecule has 0 bridgehead atoms. The molecule has 0 radical (unpaired) electrons. The maximum atomic E-state index is 4.42. The molecule has 14 heavy (non-hydrogen) atoms. The fourth-order valence-electron chi connectivity index (χ4n) is 1.93. The van der Waals surface area contributed by atoms with Gasteiger partial charge < -0.3 is 9.80 Å². The van der Waals surface area contributed by atoms with Crippen molar-refractivity contribution in [2.24, 2.45) is 0 Å². The Balaban J connectivity index is 2.41. The van der Waals surface area contributed by atoms with Gasteiger partial charge in [0.25, 0.3) is 0 Å². The molecule has 0 aromatic carbocycles. The number of anilines is 2. The second kappa shape index (κ2) is 3.48. The first kappa shape index (κ1) is 9.31. The zero-order valence-corrected chi connectivity index (χ0v) is 9.07. The molecule has 0 aliphatic carbocycles. The molecule has 3 nitrogen and oxygen atoms in total. The van der Waals surface area contributed by atoms with Crippen LogP contribution in [-0.4, -0.2) is 31.2 Å². The molecule has 0 amide bonds. The van der Waals surface area contributed by atoms with Crippen LogP contribution in [0.5, 0.6) is 0 Å². The van der Waals surface area contributed by atoms with Gasteiger partial charge in [-0.15, -0.1) is 0 Å². The van der Waals surface area contributed by atoms with Gasteiger partial charge in [0.1, 0.15) is 0 Å². The van der Waals surface area contributed by atoms with Crippen molar-refractivity contribution in [3.8, 4) is 0 Å². The van der Waals surface area contributed by atoms with Crippen LogP contribution < -0.4 is 9.80 Å². The Labute approximate surface area is 85.4 Å². The molecule has 1 aromatic heterocycles. The summed E-state index contributed by atoms with van der Waals surface area (Å²) >= 11 is 0. The van der Waals surface area contributed by atoms with Crippen molar-refractivity contribution in [1.82, 2.24) is 4.98 Å². The van der Waals surface area contributed by atoms with Crippen molar-refractivity contribution in [3.63, 3.8) is 0 Å². The van der Waals surface area contributed by atoms with Gasteiger partial charge in [-0.05, 0) is 26.0 Å². The smallest absolute Gasteiger partial charge is 0.151 e. The third kappa shape index (κ3) is 1.43. The van der Waals surface area contributed by atoms with Gasteiger partial charge in [0.05, 0.1) is 5.69 Å². The topological polar surface area (TPSA) is 19.4 Å². The fourth-order valence-corrected chi connectivity index (χ4v) is 1.93. The van der Waals surface area contributed by atoms with Gasteiger partial charge in [-0.1, -0.05) is 0 Å². The summed E-state index contributed by atoms with van der Waals surface area (Å²) in [5.41, 5.74) is 1.26. The van der Waals surface area contributed by atoms with Crippen LogP contribution in [0, 0.1) is 0 Å². The number of hydrogen-bond acceptors (Lipinski definition) is 3. The lowest BCUT2D eigenvalue weighted by atomic mass is 10.2. The maximum absolute atomic E-state index is 4.42. The summed E-state index contributed by atoms with van der Waals surface area (Å²) in [6.45, 7) is 6.60. The Morgan fingerprint density at radius 1 is 1.36 bits per heavy atom. The molecule has 2 heterocycles. The van der Waals surface area contributed by atoms with E-state index in [-0.39, 0.29) is 0 Å². The van der Waals surface area contributed by atoms with E-state index in [1.165, 1.54) is 5.69 Å². The quantitative estimate of drug-likeness (QED) is 0.674. The van der Waals surface area contributed by atoms with E-state index < -0.39 is 0 Å². The Hall–Kier alpha value is -1.25. The number of hydrogen-bond donors (Lipinski definition) is 0. The normalized spacial score (nSPS) is 16.0. The van der Waals surface area contributed by atoms with Gasteiger partial charge in [0.2, 0.25) is 0 Å². The molecule has 1 aliphatic heterocycles. The summed E-state index contributed by atoms with van der Waals surface area (Å²) < 4.78 is 0. The van der Waals surface area contributed by atoms with Crippen molar-refractivity contribution >= 4 is 11.5 Å². The summed E-state index contributed by atoms with van der Waals surface area (Å²) in [6.07, 6.45) is 1.86. The van der Waals surface area contributed by atoms with Gasteiger partial charge in [-0.3, -0.25) is 0 Å². The van der Waals surface area contributed by atoms with E-state index in [4.69, 9.17) is 0 Å². The first-order valence-electron chi connectivity index (χ1n) is 5.13. The molecule has 0 fully saturated rings. The predicted molar refractivity (Wildman–Crippen MR) is 60.0 cm³/mol. The SMILES string of the molecule is CC(C)N1CCN(C)c2ncccc21. The summed E-state index contributed by atoms with van der Waals surface area (Å²) in [7, 11) is 2.10. The number of pyridine rings is 1. The highest BCUT2D eigenvalue weighted by atomic mass is 15.3. The molecule has 1 aromatic rings. The zero-order chi connectivity index (χ0) is 10.1. The molecule has 0 atom stereocenters. The lowest BCUT2D eigenvalue weighted by molar-refractivity contribution is 0.650. The average molecular weight is 191 g/mol. The van der Waals surface area contributed by atoms with E-state index in [1.807, 2.05) is 12.3 Å². The van der Waals surface area contributed by atoms with Crippen LogP contribution in [0.15, 0.2) is 18.3 Å². The third-order valence-electron chi connectivity index (χ3n) is 2.74. The lowest BCUT2D eigenvalue weighted by Gasteiger charge is -2.38. The molecule has 76 valence electrons. The Morgan fingerprint density at radius 3 is 2.86 bits per heavy atom.